The molecule has 0 heterocycles. The number of hydrogen-bond acceptors (Lipinski definition) is 1. The van der Waals surface area contributed by atoms with Gasteiger partial charge in [0.2, 0.25) is 0 Å². The van der Waals surface area contributed by atoms with Crippen LogP contribution in [0.1, 0.15) is 45.6 Å². The average molecular weight is 312 g/mol. The lowest BCUT2D eigenvalue weighted by molar-refractivity contribution is 0.0980. The van der Waals surface area contributed by atoms with Gasteiger partial charge in [-0.25, -0.2) is 4.39 Å². The summed E-state index contributed by atoms with van der Waals surface area (Å²) in [5, 5.41) is 4.17. The van der Waals surface area contributed by atoms with E-state index in [1.807, 2.05) is 0 Å². The van der Waals surface area contributed by atoms with E-state index in [2.05, 4.69) is 33.1 Å². The fourth-order valence-corrected chi connectivity index (χ4v) is 4.12. The van der Waals surface area contributed by atoms with E-state index in [-0.39, 0.29) is 11.2 Å². The highest BCUT2D eigenvalue weighted by atomic mass is 35.5. The molecule has 1 aliphatic rings. The summed E-state index contributed by atoms with van der Waals surface area (Å²) in [7, 11) is 2.06. The van der Waals surface area contributed by atoms with Gasteiger partial charge in [-0.05, 0) is 67.3 Å². The molecule has 0 aliphatic heterocycles. The van der Waals surface area contributed by atoms with E-state index in [9.17, 15) is 4.39 Å². The van der Waals surface area contributed by atoms with E-state index in [0.717, 1.165) is 17.9 Å². The van der Waals surface area contributed by atoms with Crippen molar-refractivity contribution in [2.45, 2.75) is 52.5 Å². The summed E-state index contributed by atoms with van der Waals surface area (Å²) in [5.41, 5.74) is 1.03. The van der Waals surface area contributed by atoms with Gasteiger partial charge in [-0.3, -0.25) is 0 Å². The second kappa shape index (κ2) is 6.66. The predicted octanol–water partition coefficient (Wildman–Crippen LogP) is 5.07. The molecule has 0 spiro atoms. The number of rotatable bonds is 4. The fraction of sp³-hybridized carbons (Fsp3) is 0.667. The van der Waals surface area contributed by atoms with Gasteiger partial charge in [0.25, 0.3) is 0 Å². The third-order valence-electron chi connectivity index (χ3n) is 5.14. The van der Waals surface area contributed by atoms with Crippen LogP contribution in [0, 0.1) is 23.1 Å². The van der Waals surface area contributed by atoms with Gasteiger partial charge in [0.05, 0.1) is 0 Å². The van der Waals surface area contributed by atoms with Crippen LogP contribution in [0.4, 0.5) is 4.39 Å². The molecule has 1 fully saturated rings. The molecule has 1 aromatic rings. The Morgan fingerprint density at radius 1 is 1.33 bits per heavy atom. The molecule has 0 bridgehead atoms. The first-order valence-corrected chi connectivity index (χ1v) is 8.32. The van der Waals surface area contributed by atoms with E-state index in [1.165, 1.54) is 25.3 Å². The van der Waals surface area contributed by atoms with Gasteiger partial charge < -0.3 is 5.32 Å². The minimum Gasteiger partial charge on any atom is -0.317 e. The SMILES string of the molecule is CNC1CC(C)CCC1C(C)(C)Cc1cc(F)ccc1Cl. The molecule has 2 rings (SSSR count). The van der Waals surface area contributed by atoms with Crippen LogP contribution in [0.25, 0.3) is 0 Å². The van der Waals surface area contributed by atoms with Crippen molar-refractivity contribution < 1.29 is 4.39 Å². The number of benzene rings is 1. The topological polar surface area (TPSA) is 12.0 Å². The molecule has 1 nitrogen and oxygen atoms in total. The normalized spacial score (nSPS) is 26.9. The first kappa shape index (κ1) is 16.8. The van der Waals surface area contributed by atoms with Gasteiger partial charge in [-0.1, -0.05) is 38.8 Å². The zero-order valence-corrected chi connectivity index (χ0v) is 14.3. The van der Waals surface area contributed by atoms with E-state index >= 15 is 0 Å². The molecule has 3 unspecified atom stereocenters. The quantitative estimate of drug-likeness (QED) is 0.818. The zero-order valence-electron chi connectivity index (χ0n) is 13.5. The standard InChI is InChI=1S/C18H27ClFN/c1-12-5-7-15(17(9-12)21-4)18(2,3)11-13-10-14(20)6-8-16(13)19/h6,8,10,12,15,17,21H,5,7,9,11H2,1-4H3. The highest BCUT2D eigenvalue weighted by Crippen LogP contribution is 2.43. The van der Waals surface area contributed by atoms with Crippen LogP contribution < -0.4 is 5.32 Å². The van der Waals surface area contributed by atoms with Crippen LogP contribution >= 0.6 is 11.6 Å². The Bertz CT molecular complexity index is 486. The Morgan fingerprint density at radius 3 is 2.71 bits per heavy atom. The summed E-state index contributed by atoms with van der Waals surface area (Å²) in [5.74, 6) is 1.18. The van der Waals surface area contributed by atoms with Crippen molar-refractivity contribution in [2.24, 2.45) is 17.3 Å². The highest BCUT2D eigenvalue weighted by Gasteiger charge is 2.38. The summed E-state index contributed by atoms with van der Waals surface area (Å²) >= 11 is 6.25. The third-order valence-corrected chi connectivity index (χ3v) is 5.51. The fourth-order valence-electron chi connectivity index (χ4n) is 3.94. The molecule has 1 saturated carbocycles. The summed E-state index contributed by atoms with van der Waals surface area (Å²) in [6.45, 7) is 6.91. The largest absolute Gasteiger partial charge is 0.317 e. The second-order valence-corrected chi connectivity index (χ2v) is 7.73. The summed E-state index contributed by atoms with van der Waals surface area (Å²) < 4.78 is 13.5. The van der Waals surface area contributed by atoms with Crippen molar-refractivity contribution in [3.8, 4) is 0 Å². The predicted molar refractivity (Wildman–Crippen MR) is 88.2 cm³/mol. The molecule has 0 radical (unpaired) electrons. The summed E-state index contributed by atoms with van der Waals surface area (Å²) in [6, 6.07) is 5.22. The molecule has 1 aliphatic carbocycles. The van der Waals surface area contributed by atoms with Crippen molar-refractivity contribution >= 4 is 11.6 Å². The van der Waals surface area contributed by atoms with Crippen LogP contribution in [0.15, 0.2) is 18.2 Å². The molecule has 0 saturated heterocycles. The second-order valence-electron chi connectivity index (χ2n) is 7.32. The lowest BCUT2D eigenvalue weighted by Crippen LogP contribution is -2.46. The molecular formula is C18H27ClFN. The van der Waals surface area contributed by atoms with Crippen LogP contribution in [0.3, 0.4) is 0 Å². The maximum absolute atomic E-state index is 13.5. The van der Waals surface area contributed by atoms with Gasteiger partial charge in [-0.15, -0.1) is 0 Å². The lowest BCUT2D eigenvalue weighted by Gasteiger charge is -2.44. The van der Waals surface area contributed by atoms with Gasteiger partial charge >= 0.3 is 0 Å². The Morgan fingerprint density at radius 2 is 2.05 bits per heavy atom. The minimum atomic E-state index is -0.201. The van der Waals surface area contributed by atoms with E-state index < -0.39 is 0 Å². The Labute approximate surface area is 133 Å². The summed E-state index contributed by atoms with van der Waals surface area (Å²) in [6.07, 6.45) is 4.55. The van der Waals surface area contributed by atoms with Gasteiger partial charge in [-0.2, -0.15) is 0 Å². The van der Waals surface area contributed by atoms with Crippen LogP contribution in [0.5, 0.6) is 0 Å². The van der Waals surface area contributed by atoms with Gasteiger partial charge in [0, 0.05) is 11.1 Å². The molecular weight excluding hydrogens is 285 g/mol. The smallest absolute Gasteiger partial charge is 0.123 e. The molecule has 21 heavy (non-hydrogen) atoms. The third kappa shape index (κ3) is 3.98. The number of nitrogens with one attached hydrogen (secondary N) is 1. The summed E-state index contributed by atoms with van der Waals surface area (Å²) in [4.78, 5) is 0. The molecule has 1 aromatic carbocycles. The van der Waals surface area contributed by atoms with E-state index in [0.29, 0.717) is 17.0 Å². The first-order chi connectivity index (χ1) is 9.83. The van der Waals surface area contributed by atoms with Gasteiger partial charge in [0.1, 0.15) is 5.82 Å². The van der Waals surface area contributed by atoms with Crippen LogP contribution in [0.2, 0.25) is 5.02 Å². The van der Waals surface area contributed by atoms with E-state index in [4.69, 9.17) is 11.6 Å². The molecule has 0 amide bonds. The van der Waals surface area contributed by atoms with Crippen LogP contribution in [-0.4, -0.2) is 13.1 Å². The molecule has 1 N–H and O–H groups in total. The van der Waals surface area contributed by atoms with E-state index in [1.54, 1.807) is 12.1 Å². The molecule has 3 atom stereocenters. The van der Waals surface area contributed by atoms with Crippen molar-refractivity contribution in [1.29, 1.82) is 0 Å². The maximum atomic E-state index is 13.5. The zero-order chi connectivity index (χ0) is 15.6. The average Bonchev–Trinajstić information content (AvgIpc) is 2.42. The van der Waals surface area contributed by atoms with Crippen LogP contribution in [-0.2, 0) is 6.42 Å². The Kier molecular flexibility index (Phi) is 5.32. The Hall–Kier alpha value is -0.600. The monoisotopic (exact) mass is 311 g/mol. The lowest BCUT2D eigenvalue weighted by atomic mass is 9.64. The molecule has 3 heteroatoms. The first-order valence-electron chi connectivity index (χ1n) is 7.94. The number of halogens is 2. The number of hydrogen-bond donors (Lipinski definition) is 1. The van der Waals surface area contributed by atoms with Crippen molar-refractivity contribution in [3.05, 3.63) is 34.6 Å². The van der Waals surface area contributed by atoms with Crippen molar-refractivity contribution in [3.63, 3.8) is 0 Å². The molecule has 0 aromatic heterocycles. The van der Waals surface area contributed by atoms with Crippen molar-refractivity contribution in [1.82, 2.24) is 5.32 Å². The van der Waals surface area contributed by atoms with Gasteiger partial charge in [0.15, 0.2) is 0 Å². The highest BCUT2D eigenvalue weighted by molar-refractivity contribution is 6.31. The maximum Gasteiger partial charge on any atom is 0.123 e. The Balaban J connectivity index is 2.18. The molecule has 118 valence electrons. The van der Waals surface area contributed by atoms with Crippen molar-refractivity contribution in [2.75, 3.05) is 7.05 Å². The minimum absolute atomic E-state index is 0.102.